The number of nitrogen functional groups attached to an aromatic ring is 1. The number of para-hydroxylation sites is 1. The molecule has 4 N–H and O–H groups in total. The average molecular weight is 550 g/mol. The third-order valence-electron chi connectivity index (χ3n) is 7.25. The average Bonchev–Trinajstić information content (AvgIpc) is 2.99. The van der Waals surface area contributed by atoms with Gasteiger partial charge in [0.25, 0.3) is 5.56 Å². The van der Waals surface area contributed by atoms with Gasteiger partial charge in [-0.1, -0.05) is 18.2 Å². The van der Waals surface area contributed by atoms with Gasteiger partial charge < -0.3 is 30.7 Å². The first-order chi connectivity index (χ1) is 20.0. The molecule has 0 amide bonds. The van der Waals surface area contributed by atoms with E-state index in [1.54, 1.807) is 37.1 Å². The maximum atomic E-state index is 14.3. The lowest BCUT2D eigenvalue weighted by Crippen LogP contribution is -2.35. The molecule has 0 fully saturated rings. The second kappa shape index (κ2) is 10.7. The highest BCUT2D eigenvalue weighted by Gasteiger charge is 2.24. The summed E-state index contributed by atoms with van der Waals surface area (Å²) in [6, 6.07) is 20.8. The number of nitrogens with one attached hydrogen (secondary N) is 2. The number of methoxy groups -OCH3 is 2. The molecular formula is C31H31N7O3. The highest BCUT2D eigenvalue weighted by Crippen LogP contribution is 2.36. The summed E-state index contributed by atoms with van der Waals surface area (Å²) in [7, 11) is 3.23. The molecule has 1 aliphatic heterocycles. The van der Waals surface area contributed by atoms with Crippen molar-refractivity contribution in [2.24, 2.45) is 0 Å². The lowest BCUT2D eigenvalue weighted by atomic mass is 10.1. The Balaban J connectivity index is 1.46. The molecule has 3 aromatic carbocycles. The first-order valence-corrected chi connectivity index (χ1v) is 13.3. The maximum Gasteiger partial charge on any atom is 0.280 e. The second-order valence-corrected chi connectivity index (χ2v) is 9.82. The zero-order chi connectivity index (χ0) is 28.5. The fourth-order valence-electron chi connectivity index (χ4n) is 5.21. The van der Waals surface area contributed by atoms with Crippen LogP contribution in [0.4, 0.5) is 28.7 Å². The number of hydrogen-bond donors (Lipinski definition) is 3. The molecule has 0 saturated carbocycles. The number of anilines is 5. The van der Waals surface area contributed by atoms with E-state index >= 15 is 0 Å². The number of benzene rings is 3. The van der Waals surface area contributed by atoms with E-state index in [0.717, 1.165) is 27.9 Å². The van der Waals surface area contributed by atoms with Crippen LogP contribution in [-0.2, 0) is 6.54 Å². The van der Waals surface area contributed by atoms with Gasteiger partial charge in [0.2, 0.25) is 5.95 Å². The summed E-state index contributed by atoms with van der Waals surface area (Å²) in [5.41, 5.74) is 12.2. The Morgan fingerprint density at radius 1 is 1.02 bits per heavy atom. The Hall–Kier alpha value is -5.25. The lowest BCUT2D eigenvalue weighted by molar-refractivity contribution is 0.391. The molecule has 0 saturated heterocycles. The zero-order valence-corrected chi connectivity index (χ0v) is 23.1. The highest BCUT2D eigenvalue weighted by molar-refractivity contribution is 5.86. The van der Waals surface area contributed by atoms with Gasteiger partial charge in [0.15, 0.2) is 5.65 Å². The third-order valence-corrected chi connectivity index (χ3v) is 7.25. The highest BCUT2D eigenvalue weighted by atomic mass is 16.5. The van der Waals surface area contributed by atoms with Gasteiger partial charge >= 0.3 is 0 Å². The van der Waals surface area contributed by atoms with Crippen molar-refractivity contribution in [3.63, 3.8) is 0 Å². The maximum absolute atomic E-state index is 14.3. The number of aromatic nitrogens is 3. The first kappa shape index (κ1) is 26.0. The Morgan fingerprint density at radius 3 is 2.68 bits per heavy atom. The summed E-state index contributed by atoms with van der Waals surface area (Å²) in [6.45, 7) is 3.82. The van der Waals surface area contributed by atoms with Crippen LogP contribution in [0.3, 0.4) is 0 Å². The van der Waals surface area contributed by atoms with Crippen LogP contribution in [0.2, 0.25) is 0 Å². The van der Waals surface area contributed by atoms with Crippen LogP contribution in [0.25, 0.3) is 16.7 Å². The summed E-state index contributed by atoms with van der Waals surface area (Å²) in [5.74, 6) is 1.77. The van der Waals surface area contributed by atoms with Crippen molar-refractivity contribution >= 4 is 39.7 Å². The van der Waals surface area contributed by atoms with Gasteiger partial charge in [0.05, 0.1) is 31.3 Å². The van der Waals surface area contributed by atoms with Gasteiger partial charge in [0.1, 0.15) is 17.2 Å². The molecule has 208 valence electrons. The predicted octanol–water partition coefficient (Wildman–Crippen LogP) is 4.86. The van der Waals surface area contributed by atoms with Crippen LogP contribution in [0.5, 0.6) is 11.5 Å². The number of aryl methyl sites for hydroxylation is 1. The van der Waals surface area contributed by atoms with Crippen LogP contribution in [-0.4, -0.2) is 41.8 Å². The van der Waals surface area contributed by atoms with E-state index in [9.17, 15) is 4.79 Å². The molecule has 0 unspecified atom stereocenters. The standard InChI is InChI=1S/C31H31N7O3/c1-19-6-4-9-25-28(19)33-12-13-37(25)26-14-21-18-35-31(34-17-20-10-11-24(40-2)16-27(20)41-3)36-29(21)38(30(26)39)23-8-5-7-22(32)15-23/h4-11,14-16,18,33H,12-13,17,32H2,1-3H3,(H,34,35,36). The molecule has 2 aromatic heterocycles. The van der Waals surface area contributed by atoms with Crippen LogP contribution in [0.15, 0.2) is 77.7 Å². The molecular weight excluding hydrogens is 518 g/mol. The Morgan fingerprint density at radius 2 is 1.88 bits per heavy atom. The normalized spacial score (nSPS) is 12.5. The molecule has 5 aromatic rings. The Labute approximate surface area is 237 Å². The van der Waals surface area contributed by atoms with Crippen molar-refractivity contribution in [3.8, 4) is 17.2 Å². The van der Waals surface area contributed by atoms with Crippen LogP contribution in [0, 0.1) is 6.92 Å². The summed E-state index contributed by atoms with van der Waals surface area (Å²) < 4.78 is 12.4. The molecule has 10 heteroatoms. The van der Waals surface area contributed by atoms with Crippen LogP contribution >= 0.6 is 0 Å². The molecule has 10 nitrogen and oxygen atoms in total. The summed E-state index contributed by atoms with van der Waals surface area (Å²) in [4.78, 5) is 25.7. The monoisotopic (exact) mass is 549 g/mol. The Kier molecular flexibility index (Phi) is 6.80. The van der Waals surface area contributed by atoms with Crippen LogP contribution in [0.1, 0.15) is 11.1 Å². The fourth-order valence-corrected chi connectivity index (χ4v) is 5.21. The fraction of sp³-hybridized carbons (Fsp3) is 0.194. The van der Waals surface area contributed by atoms with Gasteiger partial charge in [-0.05, 0) is 55.0 Å². The van der Waals surface area contributed by atoms with Crippen molar-refractivity contribution in [1.82, 2.24) is 14.5 Å². The quantitative estimate of drug-likeness (QED) is 0.244. The second-order valence-electron chi connectivity index (χ2n) is 9.82. The molecule has 1 aliphatic rings. The number of pyridine rings is 1. The topological polar surface area (TPSA) is 120 Å². The lowest BCUT2D eigenvalue weighted by Gasteiger charge is -2.33. The van der Waals surface area contributed by atoms with E-state index < -0.39 is 0 Å². The number of nitrogens with two attached hydrogens (primary N) is 1. The minimum atomic E-state index is -0.195. The predicted molar refractivity (Wildman–Crippen MR) is 163 cm³/mol. The number of hydrogen-bond acceptors (Lipinski definition) is 9. The van der Waals surface area contributed by atoms with E-state index in [1.807, 2.05) is 48.5 Å². The van der Waals surface area contributed by atoms with Gasteiger partial charge in [-0.25, -0.2) is 4.98 Å². The molecule has 41 heavy (non-hydrogen) atoms. The van der Waals surface area contributed by atoms with Gasteiger partial charge in [-0.3, -0.25) is 9.36 Å². The van der Waals surface area contributed by atoms with E-state index in [0.29, 0.717) is 59.8 Å². The van der Waals surface area contributed by atoms with E-state index in [1.165, 1.54) is 0 Å². The molecule has 3 heterocycles. The van der Waals surface area contributed by atoms with Crippen molar-refractivity contribution < 1.29 is 9.47 Å². The van der Waals surface area contributed by atoms with Crippen molar-refractivity contribution in [2.75, 3.05) is 48.6 Å². The van der Waals surface area contributed by atoms with E-state index in [-0.39, 0.29) is 5.56 Å². The number of rotatable bonds is 7. The van der Waals surface area contributed by atoms with Crippen molar-refractivity contribution in [1.29, 1.82) is 0 Å². The Bertz CT molecular complexity index is 1820. The van der Waals surface area contributed by atoms with Gasteiger partial charge in [-0.2, -0.15) is 4.98 Å². The molecule has 0 spiro atoms. The number of nitrogens with zero attached hydrogens (tertiary/aromatic N) is 4. The van der Waals surface area contributed by atoms with Crippen molar-refractivity contribution in [3.05, 3.63) is 94.4 Å². The SMILES string of the molecule is COc1ccc(CNc2ncc3cc(N4CCNc5c(C)cccc54)c(=O)n(-c4cccc(N)c4)c3n2)c(OC)c1. The summed E-state index contributed by atoms with van der Waals surface area (Å²) in [5, 5.41) is 7.47. The first-order valence-electron chi connectivity index (χ1n) is 13.3. The minimum Gasteiger partial charge on any atom is -0.497 e. The molecule has 0 atom stereocenters. The van der Waals surface area contributed by atoms with Crippen LogP contribution < -0.4 is 36.3 Å². The summed E-state index contributed by atoms with van der Waals surface area (Å²) >= 11 is 0. The van der Waals surface area contributed by atoms with E-state index in [4.69, 9.17) is 20.2 Å². The molecule has 0 radical (unpaired) electrons. The largest absolute Gasteiger partial charge is 0.497 e. The third kappa shape index (κ3) is 4.84. The number of fused-ring (bicyclic) bond motifs is 2. The molecule has 0 aliphatic carbocycles. The zero-order valence-electron chi connectivity index (χ0n) is 23.1. The van der Waals surface area contributed by atoms with Crippen molar-refractivity contribution in [2.45, 2.75) is 13.5 Å². The van der Waals surface area contributed by atoms with E-state index in [2.05, 4.69) is 33.5 Å². The van der Waals surface area contributed by atoms with Gasteiger partial charge in [-0.15, -0.1) is 0 Å². The van der Waals surface area contributed by atoms with Gasteiger partial charge in [0, 0.05) is 48.5 Å². The number of ether oxygens (including phenoxy) is 2. The minimum absolute atomic E-state index is 0.195. The smallest absolute Gasteiger partial charge is 0.280 e. The molecule has 0 bridgehead atoms. The molecule has 6 rings (SSSR count). The summed E-state index contributed by atoms with van der Waals surface area (Å²) in [6.07, 6.45) is 1.74.